The van der Waals surface area contributed by atoms with Crippen LogP contribution in [0.1, 0.15) is 36.3 Å². The largest absolute Gasteiger partial charge is 0.477 e. The van der Waals surface area contributed by atoms with Gasteiger partial charge in [0.1, 0.15) is 27.9 Å². The highest BCUT2D eigenvalue weighted by atomic mass is 32.1. The molecule has 0 aliphatic carbocycles. The van der Waals surface area contributed by atoms with Gasteiger partial charge < -0.3 is 25.6 Å². The predicted octanol–water partition coefficient (Wildman–Crippen LogP) is 4.00. The molecule has 1 saturated heterocycles. The van der Waals surface area contributed by atoms with Gasteiger partial charge in [-0.15, -0.1) is 11.3 Å². The molecule has 1 aliphatic heterocycles. The Labute approximate surface area is 246 Å². The number of carboxylic acid groups (broad SMARTS) is 1. The minimum Gasteiger partial charge on any atom is -0.477 e. The van der Waals surface area contributed by atoms with Crippen molar-refractivity contribution in [2.24, 2.45) is 5.73 Å². The second-order valence-corrected chi connectivity index (χ2v) is 10.7. The number of aryl methyl sites for hydroxylation is 1. The van der Waals surface area contributed by atoms with Gasteiger partial charge in [-0.3, -0.25) is 10.1 Å². The maximum atomic E-state index is 13.5. The van der Waals surface area contributed by atoms with Crippen molar-refractivity contribution < 1.29 is 27.9 Å². The summed E-state index contributed by atoms with van der Waals surface area (Å²) < 4.78 is 42.1. The van der Waals surface area contributed by atoms with Crippen LogP contribution in [0.3, 0.4) is 0 Å². The number of pyridine rings is 3. The molecule has 1 unspecified atom stereocenters. The Hall–Kier alpha value is -4.57. The molecule has 0 radical (unpaired) electrons. The first-order valence-corrected chi connectivity index (χ1v) is 14.2. The van der Waals surface area contributed by atoms with E-state index in [0.717, 1.165) is 16.7 Å². The molecule has 1 aliphatic rings. The maximum absolute atomic E-state index is 13.5. The van der Waals surface area contributed by atoms with Gasteiger partial charge in [0.15, 0.2) is 5.69 Å². The summed E-state index contributed by atoms with van der Waals surface area (Å²) in [5.41, 5.74) is 4.92. The lowest BCUT2D eigenvalue weighted by Gasteiger charge is -2.23. The Morgan fingerprint density at radius 1 is 1.19 bits per heavy atom. The number of nitrogens with one attached hydrogen (secondary N) is 2. The van der Waals surface area contributed by atoms with E-state index >= 15 is 0 Å². The number of thiazole rings is 1. The number of amides is 2. The van der Waals surface area contributed by atoms with Crippen molar-refractivity contribution in [2.45, 2.75) is 39.0 Å². The fourth-order valence-electron chi connectivity index (χ4n) is 4.88. The number of rotatable bonds is 7. The molecule has 0 spiro atoms. The van der Waals surface area contributed by atoms with E-state index in [1.165, 1.54) is 24.5 Å². The molecule has 4 aromatic heterocycles. The molecular weight excluding hydrogens is 589 g/mol. The number of carbonyl (C=O) groups excluding carboxylic acids is 1. The van der Waals surface area contributed by atoms with Gasteiger partial charge in [0.05, 0.1) is 5.39 Å². The van der Waals surface area contributed by atoms with E-state index in [1.807, 2.05) is 4.90 Å². The fourth-order valence-corrected chi connectivity index (χ4v) is 5.73. The molecule has 5 N–H and O–H groups in total. The van der Waals surface area contributed by atoms with E-state index < -0.39 is 34.9 Å². The summed E-state index contributed by atoms with van der Waals surface area (Å²) in [4.78, 5) is 52.3. The van der Waals surface area contributed by atoms with Crippen molar-refractivity contribution in [2.75, 3.05) is 29.9 Å². The molecule has 43 heavy (non-hydrogen) atoms. The highest BCUT2D eigenvalue weighted by Crippen LogP contribution is 2.42. The fraction of sp³-hybridized carbons (Fsp3) is 0.333. The third-order valence-electron chi connectivity index (χ3n) is 6.92. The number of carbonyl (C=O) groups is 2. The van der Waals surface area contributed by atoms with Gasteiger partial charge in [-0.1, -0.05) is 0 Å². The van der Waals surface area contributed by atoms with E-state index in [1.54, 1.807) is 18.4 Å². The van der Waals surface area contributed by atoms with Crippen LogP contribution in [-0.2, 0) is 12.7 Å². The van der Waals surface area contributed by atoms with Crippen molar-refractivity contribution in [1.82, 2.24) is 24.8 Å². The first-order chi connectivity index (χ1) is 20.4. The average molecular weight is 617 g/mol. The molecule has 12 nitrogen and oxygen atoms in total. The Morgan fingerprint density at radius 3 is 2.56 bits per heavy atom. The number of halogens is 3. The van der Waals surface area contributed by atoms with E-state index in [-0.39, 0.29) is 39.0 Å². The maximum Gasteiger partial charge on any atom is 0.434 e. The van der Waals surface area contributed by atoms with Crippen molar-refractivity contribution in [3.63, 3.8) is 0 Å². The standard InChI is InChI=1S/C27H27F3N8O4S/c1-3-32-26(42)35-20-8-15(24-34-19(12-43-24)27(28,29)30)17(9-33-20)14-7-16-21(39)18(25(40)41)11-37(4-2)23(16)36-22(14)38-6-5-13(31)10-38/h7-9,11-13H,3-6,10,31H2,1-2H3,(H,40,41)(H2,32,33,35,42). The Balaban J connectivity index is 1.81. The summed E-state index contributed by atoms with van der Waals surface area (Å²) in [6.45, 7) is 5.08. The normalized spacial score (nSPS) is 15.2. The molecule has 5 heterocycles. The molecule has 1 atom stereocenters. The number of urea groups is 1. The predicted molar refractivity (Wildman–Crippen MR) is 155 cm³/mol. The monoisotopic (exact) mass is 616 g/mol. The van der Waals surface area contributed by atoms with Crippen molar-refractivity contribution >= 4 is 46.0 Å². The summed E-state index contributed by atoms with van der Waals surface area (Å²) in [7, 11) is 0. The van der Waals surface area contributed by atoms with Gasteiger partial charge in [0.2, 0.25) is 5.43 Å². The summed E-state index contributed by atoms with van der Waals surface area (Å²) in [6.07, 6.45) is -1.45. The molecule has 226 valence electrons. The van der Waals surface area contributed by atoms with Crippen LogP contribution < -0.4 is 26.7 Å². The lowest BCUT2D eigenvalue weighted by Crippen LogP contribution is -2.28. The summed E-state index contributed by atoms with van der Waals surface area (Å²) in [5.74, 6) is -0.963. The molecule has 0 bridgehead atoms. The number of carboxylic acids is 1. The minimum atomic E-state index is -4.69. The number of fused-ring (bicyclic) bond motifs is 1. The summed E-state index contributed by atoms with van der Waals surface area (Å²) in [5, 5.41) is 15.7. The Bertz CT molecular complexity index is 1790. The number of alkyl halides is 3. The van der Waals surface area contributed by atoms with Crippen molar-refractivity contribution in [1.29, 1.82) is 0 Å². The first kappa shape index (κ1) is 29.9. The third-order valence-corrected chi connectivity index (χ3v) is 7.80. The van der Waals surface area contributed by atoms with Crippen LogP contribution in [-0.4, -0.2) is 62.3 Å². The van der Waals surface area contributed by atoms with E-state index in [2.05, 4.69) is 20.6 Å². The molecule has 0 aromatic carbocycles. The quantitative estimate of drug-likeness (QED) is 0.240. The van der Waals surface area contributed by atoms with Crippen LogP contribution in [0, 0.1) is 0 Å². The van der Waals surface area contributed by atoms with E-state index in [4.69, 9.17) is 10.7 Å². The van der Waals surface area contributed by atoms with Gasteiger partial charge in [0, 0.05) is 66.7 Å². The molecule has 16 heteroatoms. The lowest BCUT2D eigenvalue weighted by molar-refractivity contribution is -0.140. The smallest absolute Gasteiger partial charge is 0.434 e. The number of hydrogen-bond acceptors (Lipinski definition) is 9. The van der Waals surface area contributed by atoms with Crippen LogP contribution in [0.5, 0.6) is 0 Å². The van der Waals surface area contributed by atoms with Gasteiger partial charge in [-0.2, -0.15) is 13.2 Å². The lowest BCUT2D eigenvalue weighted by atomic mass is 10.00. The summed E-state index contributed by atoms with van der Waals surface area (Å²) >= 11 is 0.749. The van der Waals surface area contributed by atoms with Gasteiger partial charge in [0.25, 0.3) is 0 Å². The highest BCUT2D eigenvalue weighted by molar-refractivity contribution is 7.13. The number of nitrogens with zero attached hydrogens (tertiary/aromatic N) is 5. The average Bonchev–Trinajstić information content (AvgIpc) is 3.62. The molecular formula is C27H27F3N8O4S. The third kappa shape index (κ3) is 5.87. The first-order valence-electron chi connectivity index (χ1n) is 13.3. The molecule has 4 aromatic rings. The zero-order chi connectivity index (χ0) is 31.1. The van der Waals surface area contributed by atoms with Crippen LogP contribution in [0.15, 0.2) is 34.7 Å². The SMILES string of the molecule is CCNC(=O)Nc1cc(-c2nc(C(F)(F)F)cs2)c(-c2cc3c(=O)c(C(=O)O)cn(CC)c3nc2N2CCC(N)C2)cn1. The van der Waals surface area contributed by atoms with E-state index in [0.29, 0.717) is 44.0 Å². The van der Waals surface area contributed by atoms with Crippen LogP contribution >= 0.6 is 11.3 Å². The number of nitrogens with two attached hydrogens (primary N) is 1. The molecule has 1 fully saturated rings. The Kier molecular flexibility index (Phi) is 8.07. The Morgan fingerprint density at radius 2 is 1.95 bits per heavy atom. The van der Waals surface area contributed by atoms with E-state index in [9.17, 15) is 32.7 Å². The minimum absolute atomic E-state index is 0.00888. The highest BCUT2D eigenvalue weighted by Gasteiger charge is 2.34. The number of hydrogen-bond donors (Lipinski definition) is 4. The van der Waals surface area contributed by atoms with Gasteiger partial charge in [-0.25, -0.2) is 24.5 Å². The zero-order valence-corrected chi connectivity index (χ0v) is 23.8. The number of aromatic nitrogens is 4. The zero-order valence-electron chi connectivity index (χ0n) is 23.0. The molecule has 5 rings (SSSR count). The number of aromatic carboxylic acids is 1. The second-order valence-electron chi connectivity index (χ2n) is 9.82. The van der Waals surface area contributed by atoms with Crippen LogP contribution in [0.4, 0.5) is 29.6 Å². The van der Waals surface area contributed by atoms with Gasteiger partial charge in [-0.05, 0) is 32.4 Å². The van der Waals surface area contributed by atoms with Gasteiger partial charge >= 0.3 is 18.2 Å². The van der Waals surface area contributed by atoms with Crippen LogP contribution in [0.2, 0.25) is 0 Å². The number of anilines is 2. The van der Waals surface area contributed by atoms with Crippen LogP contribution in [0.25, 0.3) is 32.7 Å². The summed E-state index contributed by atoms with van der Waals surface area (Å²) in [6, 6.07) is 2.15. The van der Waals surface area contributed by atoms with Crippen molar-refractivity contribution in [3.8, 4) is 21.7 Å². The second kappa shape index (κ2) is 11.6. The van der Waals surface area contributed by atoms with Crippen molar-refractivity contribution in [3.05, 3.63) is 51.4 Å². The molecule has 0 saturated carbocycles. The topological polar surface area (TPSA) is 168 Å². The molecule has 2 amide bonds.